The van der Waals surface area contributed by atoms with Gasteiger partial charge in [0.1, 0.15) is 17.1 Å². The molecule has 1 amide bonds. The van der Waals surface area contributed by atoms with Crippen LogP contribution in [0.15, 0.2) is 42.6 Å². The molecule has 43 heavy (non-hydrogen) atoms. The molecule has 1 N–H and O–H groups in total. The Balaban J connectivity index is 1.42. The Morgan fingerprint density at radius 1 is 1.07 bits per heavy atom. The van der Waals surface area contributed by atoms with Crippen LogP contribution in [0.3, 0.4) is 0 Å². The first-order chi connectivity index (χ1) is 20.3. The molecule has 1 fully saturated rings. The van der Waals surface area contributed by atoms with Crippen LogP contribution in [0.2, 0.25) is 0 Å². The van der Waals surface area contributed by atoms with Crippen LogP contribution in [0.1, 0.15) is 23.6 Å². The van der Waals surface area contributed by atoms with Crippen molar-refractivity contribution in [2.75, 3.05) is 66.0 Å². The average molecular weight is 620 g/mol. The number of fused-ring (bicyclic) bond motifs is 1. The van der Waals surface area contributed by atoms with E-state index in [1.54, 1.807) is 36.1 Å². The third kappa shape index (κ3) is 6.26. The molecule has 0 bridgehead atoms. The van der Waals surface area contributed by atoms with Crippen LogP contribution in [-0.2, 0) is 34.1 Å². The highest BCUT2D eigenvalue weighted by atomic mass is 32.2. The van der Waals surface area contributed by atoms with Crippen molar-refractivity contribution in [1.29, 1.82) is 0 Å². The van der Waals surface area contributed by atoms with E-state index in [-0.39, 0.29) is 30.8 Å². The number of hydrogen-bond donors (Lipinski definition) is 1. The molecule has 2 aliphatic heterocycles. The Morgan fingerprint density at radius 2 is 1.79 bits per heavy atom. The van der Waals surface area contributed by atoms with E-state index in [4.69, 9.17) is 4.74 Å². The summed E-state index contributed by atoms with van der Waals surface area (Å²) in [4.78, 5) is 25.3. The number of benzene rings is 2. The highest BCUT2D eigenvalue weighted by Crippen LogP contribution is 2.41. The number of anilines is 5. The van der Waals surface area contributed by atoms with Crippen LogP contribution >= 0.6 is 0 Å². The third-order valence-electron chi connectivity index (χ3n) is 7.69. The van der Waals surface area contributed by atoms with Crippen molar-refractivity contribution in [3.63, 3.8) is 0 Å². The lowest BCUT2D eigenvalue weighted by atomic mass is 10.1. The fraction of sp³-hybridized carbons (Fsp3) is 0.393. The molecule has 0 radical (unpaired) electrons. The molecule has 15 heteroatoms. The van der Waals surface area contributed by atoms with Crippen LogP contribution < -0.4 is 24.2 Å². The topological polar surface area (TPSA) is 111 Å². The molecule has 0 spiro atoms. The summed E-state index contributed by atoms with van der Waals surface area (Å²) < 4.78 is 73.4. The minimum Gasteiger partial charge on any atom is -0.494 e. The van der Waals surface area contributed by atoms with Crippen molar-refractivity contribution >= 4 is 44.8 Å². The van der Waals surface area contributed by atoms with Gasteiger partial charge in [-0.3, -0.25) is 9.10 Å². The second-order valence-corrected chi connectivity index (χ2v) is 12.4. The van der Waals surface area contributed by atoms with Gasteiger partial charge in [0.25, 0.3) is 0 Å². The zero-order valence-electron chi connectivity index (χ0n) is 24.1. The van der Waals surface area contributed by atoms with Crippen LogP contribution in [0.5, 0.6) is 5.75 Å². The second kappa shape index (κ2) is 11.4. The molecular formula is C28H32F3N7O4S. The SMILES string of the molecule is COc1cc(N2CCN(C(C)=O)CC2)ccc1Nc1ncc(C(F)(F)F)c(N2Cc3cccc(N(C)S(C)(=O)=O)c3C2)n1. The normalized spacial score (nSPS) is 15.4. The summed E-state index contributed by atoms with van der Waals surface area (Å²) in [6, 6.07) is 10.5. The third-order valence-corrected chi connectivity index (χ3v) is 8.88. The van der Waals surface area contributed by atoms with Gasteiger partial charge in [-0.25, -0.2) is 13.4 Å². The molecule has 0 atom stereocenters. The van der Waals surface area contributed by atoms with Gasteiger partial charge in [0.05, 0.1) is 24.7 Å². The number of halogens is 3. The molecule has 0 saturated carbocycles. The summed E-state index contributed by atoms with van der Waals surface area (Å²) in [5.74, 6) is 0.0902. The molecule has 1 aromatic heterocycles. The van der Waals surface area contributed by atoms with Gasteiger partial charge >= 0.3 is 6.18 Å². The Hall–Kier alpha value is -4.27. The van der Waals surface area contributed by atoms with Crippen molar-refractivity contribution in [1.82, 2.24) is 14.9 Å². The Kier molecular flexibility index (Phi) is 8.03. The first kappa shape index (κ1) is 30.2. The number of methoxy groups -OCH3 is 1. The maximum absolute atomic E-state index is 14.1. The summed E-state index contributed by atoms with van der Waals surface area (Å²) in [5.41, 5.74) is 2.05. The maximum atomic E-state index is 14.1. The molecule has 2 aromatic carbocycles. The van der Waals surface area contributed by atoms with Crippen LogP contribution in [0.25, 0.3) is 0 Å². The van der Waals surface area contributed by atoms with Gasteiger partial charge in [-0.2, -0.15) is 18.2 Å². The Labute approximate surface area is 247 Å². The van der Waals surface area contributed by atoms with Gasteiger partial charge in [0, 0.05) is 76.8 Å². The molecule has 230 valence electrons. The molecule has 0 unspecified atom stereocenters. The smallest absolute Gasteiger partial charge is 0.421 e. The quantitative estimate of drug-likeness (QED) is 0.422. The average Bonchev–Trinajstić information content (AvgIpc) is 3.40. The van der Waals surface area contributed by atoms with E-state index in [2.05, 4.69) is 20.2 Å². The Bertz CT molecular complexity index is 1640. The summed E-state index contributed by atoms with van der Waals surface area (Å²) >= 11 is 0. The highest BCUT2D eigenvalue weighted by Gasteiger charge is 2.38. The molecule has 11 nitrogen and oxygen atoms in total. The van der Waals surface area contributed by atoms with E-state index in [0.29, 0.717) is 54.4 Å². The van der Waals surface area contributed by atoms with Crippen molar-refractivity contribution < 1.29 is 31.1 Å². The van der Waals surface area contributed by atoms with Crippen molar-refractivity contribution in [2.24, 2.45) is 0 Å². The van der Waals surface area contributed by atoms with E-state index in [9.17, 15) is 26.4 Å². The Morgan fingerprint density at radius 3 is 2.42 bits per heavy atom. The minimum atomic E-state index is -4.72. The fourth-order valence-electron chi connectivity index (χ4n) is 5.28. The van der Waals surface area contributed by atoms with Gasteiger partial charge in [-0.1, -0.05) is 12.1 Å². The number of nitrogens with one attached hydrogen (secondary N) is 1. The lowest BCUT2D eigenvalue weighted by molar-refractivity contribution is -0.137. The van der Waals surface area contributed by atoms with E-state index >= 15 is 0 Å². The molecule has 3 aromatic rings. The number of aromatic nitrogens is 2. The predicted octanol–water partition coefficient (Wildman–Crippen LogP) is 3.83. The number of rotatable bonds is 7. The van der Waals surface area contributed by atoms with E-state index < -0.39 is 21.8 Å². The summed E-state index contributed by atoms with van der Waals surface area (Å²) in [6.07, 6.45) is -2.91. The van der Waals surface area contributed by atoms with E-state index in [1.807, 2.05) is 12.1 Å². The highest BCUT2D eigenvalue weighted by molar-refractivity contribution is 7.92. The van der Waals surface area contributed by atoms with Crippen molar-refractivity contribution in [3.8, 4) is 5.75 Å². The van der Waals surface area contributed by atoms with Gasteiger partial charge in [0.15, 0.2) is 0 Å². The maximum Gasteiger partial charge on any atom is 0.421 e. The first-order valence-corrected chi connectivity index (χ1v) is 15.3. The van der Waals surface area contributed by atoms with Crippen LogP contribution in [0, 0.1) is 0 Å². The zero-order valence-corrected chi connectivity index (χ0v) is 25.0. The monoisotopic (exact) mass is 619 g/mol. The number of amides is 1. The molecule has 0 aliphatic carbocycles. The van der Waals surface area contributed by atoms with Gasteiger partial charge in [-0.15, -0.1) is 0 Å². The summed E-state index contributed by atoms with van der Waals surface area (Å²) in [6.45, 7) is 4.19. The molecule has 1 saturated heterocycles. The number of piperazine rings is 1. The van der Waals surface area contributed by atoms with Gasteiger partial charge in [0.2, 0.25) is 21.9 Å². The first-order valence-electron chi connectivity index (χ1n) is 13.5. The number of hydrogen-bond acceptors (Lipinski definition) is 9. The number of alkyl halides is 3. The van der Waals surface area contributed by atoms with Gasteiger partial charge in [-0.05, 0) is 23.8 Å². The standard InChI is InChI=1S/C28H32F3N7O4S/c1-18(39)36-10-12-37(13-11-36)20-8-9-23(25(14-20)42-3)33-27-32-15-22(28(29,30)31)26(34-27)38-16-19-6-5-7-24(21(19)17-38)35(2)43(4,40)41/h5-9,14-15H,10-13,16-17H2,1-4H3,(H,32,33,34). The number of ether oxygens (including phenoxy) is 1. The summed E-state index contributed by atoms with van der Waals surface area (Å²) in [7, 11) is -0.688. The minimum absolute atomic E-state index is 0.0276. The van der Waals surface area contributed by atoms with Crippen molar-refractivity contribution in [2.45, 2.75) is 26.2 Å². The molecule has 3 heterocycles. The lowest BCUT2D eigenvalue weighted by Crippen LogP contribution is -2.48. The van der Waals surface area contributed by atoms with E-state index in [1.165, 1.54) is 19.1 Å². The lowest BCUT2D eigenvalue weighted by Gasteiger charge is -2.35. The van der Waals surface area contributed by atoms with Crippen LogP contribution in [0.4, 0.5) is 42.0 Å². The number of carbonyl (C=O) groups is 1. The fourth-order valence-corrected chi connectivity index (χ4v) is 5.81. The number of nitrogens with zero attached hydrogens (tertiary/aromatic N) is 6. The number of sulfonamides is 1. The van der Waals surface area contributed by atoms with E-state index in [0.717, 1.165) is 22.4 Å². The predicted molar refractivity (Wildman–Crippen MR) is 157 cm³/mol. The molecule has 2 aliphatic rings. The number of carbonyl (C=O) groups excluding carboxylic acids is 1. The van der Waals surface area contributed by atoms with Crippen LogP contribution in [-0.4, -0.2) is 75.8 Å². The van der Waals surface area contributed by atoms with Crippen molar-refractivity contribution in [3.05, 3.63) is 59.3 Å². The molecule has 5 rings (SSSR count). The largest absolute Gasteiger partial charge is 0.494 e. The zero-order chi connectivity index (χ0) is 31.1. The second-order valence-electron chi connectivity index (χ2n) is 10.4. The van der Waals surface area contributed by atoms with Gasteiger partial charge < -0.3 is 24.8 Å². The summed E-state index contributed by atoms with van der Waals surface area (Å²) in [5, 5.41) is 2.99. The molecular weight excluding hydrogens is 587 g/mol.